The minimum atomic E-state index is -0.318. The van der Waals surface area contributed by atoms with Crippen LogP contribution in [0.3, 0.4) is 0 Å². The molecular weight excluding hydrogens is 308 g/mol. The van der Waals surface area contributed by atoms with E-state index in [0.29, 0.717) is 25.1 Å². The van der Waals surface area contributed by atoms with Crippen molar-refractivity contribution in [3.05, 3.63) is 23.8 Å². The third kappa shape index (κ3) is 2.81. The summed E-state index contributed by atoms with van der Waals surface area (Å²) < 4.78 is 10.7. The number of fused-ring (bicyclic) bond motifs is 1. The van der Waals surface area contributed by atoms with Gasteiger partial charge in [0, 0.05) is 26.1 Å². The first kappa shape index (κ1) is 15.3. The van der Waals surface area contributed by atoms with Crippen LogP contribution in [-0.4, -0.2) is 47.5 Å². The van der Waals surface area contributed by atoms with Gasteiger partial charge in [-0.1, -0.05) is 6.07 Å². The Morgan fingerprint density at radius 1 is 1.12 bits per heavy atom. The smallest absolute Gasteiger partial charge is 0.245 e. The van der Waals surface area contributed by atoms with Crippen molar-refractivity contribution in [1.82, 2.24) is 9.80 Å². The largest absolute Gasteiger partial charge is 0.454 e. The lowest BCUT2D eigenvalue weighted by atomic mass is 10.1. The zero-order chi connectivity index (χ0) is 16.5. The zero-order valence-corrected chi connectivity index (χ0v) is 13.7. The first-order valence-electron chi connectivity index (χ1n) is 8.69. The van der Waals surface area contributed by atoms with Crippen LogP contribution in [0.1, 0.15) is 37.7 Å². The van der Waals surface area contributed by atoms with Crippen LogP contribution in [0.5, 0.6) is 11.5 Å². The second-order valence-electron chi connectivity index (χ2n) is 6.65. The van der Waals surface area contributed by atoms with E-state index in [-0.39, 0.29) is 24.6 Å². The minimum Gasteiger partial charge on any atom is -0.454 e. The molecule has 1 aromatic rings. The van der Waals surface area contributed by atoms with Crippen molar-refractivity contribution in [1.29, 1.82) is 0 Å². The van der Waals surface area contributed by atoms with Crippen molar-refractivity contribution >= 4 is 11.8 Å². The molecule has 0 spiro atoms. The lowest BCUT2D eigenvalue weighted by molar-refractivity contribution is -0.142. The molecule has 2 fully saturated rings. The van der Waals surface area contributed by atoms with E-state index in [2.05, 4.69) is 0 Å². The number of ether oxygens (including phenoxy) is 2. The van der Waals surface area contributed by atoms with Crippen molar-refractivity contribution in [2.45, 2.75) is 44.7 Å². The Morgan fingerprint density at radius 3 is 2.75 bits per heavy atom. The molecule has 2 saturated heterocycles. The fraction of sp³-hybridized carbons (Fsp3) is 0.556. The SMILES string of the molecule is O=C([C@H]1CCC(=O)N1Cc1ccc2c(c1)OCO2)N1CCCCC1. The molecule has 0 bridgehead atoms. The average molecular weight is 330 g/mol. The third-order valence-electron chi connectivity index (χ3n) is 5.07. The van der Waals surface area contributed by atoms with Crippen molar-refractivity contribution in [3.63, 3.8) is 0 Å². The molecular formula is C18H22N2O4. The number of hydrogen-bond acceptors (Lipinski definition) is 4. The van der Waals surface area contributed by atoms with Gasteiger partial charge in [0.2, 0.25) is 18.6 Å². The number of amides is 2. The lowest BCUT2D eigenvalue weighted by Gasteiger charge is -2.32. The molecule has 0 aromatic heterocycles. The molecule has 3 heterocycles. The second-order valence-corrected chi connectivity index (χ2v) is 6.65. The molecule has 3 aliphatic rings. The van der Waals surface area contributed by atoms with E-state index in [1.165, 1.54) is 6.42 Å². The van der Waals surface area contributed by atoms with Gasteiger partial charge in [-0.15, -0.1) is 0 Å². The summed E-state index contributed by atoms with van der Waals surface area (Å²) in [5.41, 5.74) is 0.964. The Morgan fingerprint density at radius 2 is 1.92 bits per heavy atom. The highest BCUT2D eigenvalue weighted by Gasteiger charge is 2.38. The fourth-order valence-corrected chi connectivity index (χ4v) is 3.75. The maximum absolute atomic E-state index is 12.8. The summed E-state index contributed by atoms with van der Waals surface area (Å²) >= 11 is 0. The van der Waals surface area contributed by atoms with Gasteiger partial charge < -0.3 is 19.3 Å². The predicted octanol–water partition coefficient (Wildman–Crippen LogP) is 1.92. The van der Waals surface area contributed by atoms with Crippen LogP contribution in [0.15, 0.2) is 18.2 Å². The highest BCUT2D eigenvalue weighted by Crippen LogP contribution is 2.33. The predicted molar refractivity (Wildman–Crippen MR) is 86.6 cm³/mol. The summed E-state index contributed by atoms with van der Waals surface area (Å²) in [6.45, 7) is 2.32. The van der Waals surface area contributed by atoms with Gasteiger partial charge >= 0.3 is 0 Å². The molecule has 2 amide bonds. The summed E-state index contributed by atoms with van der Waals surface area (Å²) in [6, 6.07) is 5.37. The van der Waals surface area contributed by atoms with Crippen LogP contribution in [0.2, 0.25) is 0 Å². The van der Waals surface area contributed by atoms with Gasteiger partial charge in [0.15, 0.2) is 11.5 Å². The molecule has 0 N–H and O–H groups in total. The Kier molecular flexibility index (Phi) is 4.04. The molecule has 6 nitrogen and oxygen atoms in total. The third-order valence-corrected chi connectivity index (χ3v) is 5.07. The number of piperidine rings is 1. The number of likely N-dealkylation sites (tertiary alicyclic amines) is 2. The van der Waals surface area contributed by atoms with Crippen LogP contribution >= 0.6 is 0 Å². The molecule has 1 atom stereocenters. The maximum atomic E-state index is 12.8. The molecule has 0 radical (unpaired) electrons. The molecule has 3 aliphatic heterocycles. The van der Waals surface area contributed by atoms with Crippen LogP contribution in [0.25, 0.3) is 0 Å². The van der Waals surface area contributed by atoms with Crippen molar-refractivity contribution < 1.29 is 19.1 Å². The van der Waals surface area contributed by atoms with E-state index >= 15 is 0 Å². The Balaban J connectivity index is 1.49. The quantitative estimate of drug-likeness (QED) is 0.849. The summed E-state index contributed by atoms with van der Waals surface area (Å²) in [5, 5.41) is 0. The van der Waals surface area contributed by atoms with Gasteiger partial charge in [-0.05, 0) is 43.4 Å². The van der Waals surface area contributed by atoms with E-state index in [1.54, 1.807) is 4.90 Å². The highest BCUT2D eigenvalue weighted by molar-refractivity contribution is 5.91. The average Bonchev–Trinajstić information content (AvgIpc) is 3.22. The number of rotatable bonds is 3. The summed E-state index contributed by atoms with van der Waals surface area (Å²) in [4.78, 5) is 28.8. The number of benzene rings is 1. The first-order valence-corrected chi connectivity index (χ1v) is 8.69. The van der Waals surface area contributed by atoms with Gasteiger partial charge in [0.1, 0.15) is 6.04 Å². The Bertz CT molecular complexity index is 654. The number of hydrogen-bond donors (Lipinski definition) is 0. The molecule has 0 saturated carbocycles. The van der Waals surface area contributed by atoms with E-state index < -0.39 is 0 Å². The van der Waals surface area contributed by atoms with Crippen LogP contribution in [0, 0.1) is 0 Å². The van der Waals surface area contributed by atoms with Crippen LogP contribution in [-0.2, 0) is 16.1 Å². The van der Waals surface area contributed by atoms with E-state index in [1.807, 2.05) is 23.1 Å². The van der Waals surface area contributed by atoms with Gasteiger partial charge in [-0.25, -0.2) is 0 Å². The molecule has 0 unspecified atom stereocenters. The highest BCUT2D eigenvalue weighted by atomic mass is 16.7. The van der Waals surface area contributed by atoms with Gasteiger partial charge in [-0.2, -0.15) is 0 Å². The summed E-state index contributed by atoms with van der Waals surface area (Å²) in [5.74, 6) is 1.61. The Labute approximate surface area is 141 Å². The van der Waals surface area contributed by atoms with E-state index in [9.17, 15) is 9.59 Å². The fourth-order valence-electron chi connectivity index (χ4n) is 3.75. The van der Waals surface area contributed by atoms with Crippen molar-refractivity contribution in [2.24, 2.45) is 0 Å². The Hall–Kier alpha value is -2.24. The van der Waals surface area contributed by atoms with Gasteiger partial charge in [0.25, 0.3) is 0 Å². The zero-order valence-electron chi connectivity index (χ0n) is 13.7. The normalized spacial score (nSPS) is 23.0. The van der Waals surface area contributed by atoms with Crippen molar-refractivity contribution in [3.8, 4) is 11.5 Å². The first-order chi connectivity index (χ1) is 11.7. The standard InChI is InChI=1S/C18H22N2O4/c21-17-7-5-14(18(22)19-8-2-1-3-9-19)20(17)11-13-4-6-15-16(10-13)24-12-23-15/h4,6,10,14H,1-3,5,7-9,11-12H2/t14-/m1/s1. The number of carbonyl (C=O) groups excluding carboxylic acids is 2. The molecule has 6 heteroatoms. The molecule has 24 heavy (non-hydrogen) atoms. The van der Waals surface area contributed by atoms with Crippen molar-refractivity contribution in [2.75, 3.05) is 19.9 Å². The van der Waals surface area contributed by atoms with Crippen LogP contribution < -0.4 is 9.47 Å². The molecule has 0 aliphatic carbocycles. The molecule has 1 aromatic carbocycles. The van der Waals surface area contributed by atoms with Gasteiger partial charge in [-0.3, -0.25) is 9.59 Å². The maximum Gasteiger partial charge on any atom is 0.245 e. The van der Waals surface area contributed by atoms with E-state index in [0.717, 1.165) is 37.2 Å². The topological polar surface area (TPSA) is 59.1 Å². The van der Waals surface area contributed by atoms with Gasteiger partial charge in [0.05, 0.1) is 0 Å². The second kappa shape index (κ2) is 6.34. The monoisotopic (exact) mass is 330 g/mol. The van der Waals surface area contributed by atoms with E-state index in [4.69, 9.17) is 9.47 Å². The molecule has 4 rings (SSSR count). The number of nitrogens with zero attached hydrogens (tertiary/aromatic N) is 2. The summed E-state index contributed by atoms with van der Waals surface area (Å²) in [7, 11) is 0. The molecule has 128 valence electrons. The lowest BCUT2D eigenvalue weighted by Crippen LogP contribution is -2.48. The minimum absolute atomic E-state index is 0.0584. The summed E-state index contributed by atoms with van der Waals surface area (Å²) in [6.07, 6.45) is 4.39. The van der Waals surface area contributed by atoms with Crippen LogP contribution in [0.4, 0.5) is 0 Å². The number of carbonyl (C=O) groups is 2.